The summed E-state index contributed by atoms with van der Waals surface area (Å²) in [6.45, 7) is 3.39. The van der Waals surface area contributed by atoms with Gasteiger partial charge in [0.1, 0.15) is 0 Å². The molecule has 100 valence electrons. The highest BCUT2D eigenvalue weighted by Gasteiger charge is 2.32. The van der Waals surface area contributed by atoms with Crippen molar-refractivity contribution in [1.29, 1.82) is 0 Å². The first-order valence-corrected chi connectivity index (χ1v) is 6.67. The number of carbonyl (C=O) groups is 1. The lowest BCUT2D eigenvalue weighted by Crippen LogP contribution is -2.41. The number of hydrogen-bond donors (Lipinski definition) is 2. The molecule has 0 aromatic carbocycles. The maximum Gasteiger partial charge on any atom is 0.223 e. The summed E-state index contributed by atoms with van der Waals surface area (Å²) >= 11 is 0. The van der Waals surface area contributed by atoms with Gasteiger partial charge in [0.05, 0.1) is 6.33 Å². The van der Waals surface area contributed by atoms with Crippen LogP contribution in [0.3, 0.4) is 0 Å². The van der Waals surface area contributed by atoms with Gasteiger partial charge in [-0.05, 0) is 32.2 Å². The number of carbonyl (C=O) groups excluding carboxylic acids is 1. The van der Waals surface area contributed by atoms with Crippen molar-refractivity contribution in [2.75, 3.05) is 6.54 Å². The first-order valence-electron chi connectivity index (χ1n) is 6.67. The molecule has 1 heterocycles. The van der Waals surface area contributed by atoms with Gasteiger partial charge in [0, 0.05) is 30.9 Å². The van der Waals surface area contributed by atoms with Crippen molar-refractivity contribution in [3.8, 4) is 0 Å². The van der Waals surface area contributed by atoms with Gasteiger partial charge in [-0.2, -0.15) is 0 Å². The molecule has 5 heteroatoms. The average molecular weight is 250 g/mol. The number of nitrogens with zero attached hydrogens (tertiary/aromatic N) is 2. The fraction of sp³-hybridized carbons (Fsp3) is 0.692. The van der Waals surface area contributed by atoms with Crippen LogP contribution in [-0.4, -0.2) is 28.0 Å². The monoisotopic (exact) mass is 250 g/mol. The minimum atomic E-state index is 0.111. The number of imidazole rings is 1. The van der Waals surface area contributed by atoms with Gasteiger partial charge in [0.2, 0.25) is 5.91 Å². The van der Waals surface area contributed by atoms with E-state index in [4.69, 9.17) is 5.73 Å². The standard InChI is InChI=1S/C13H22N4O/c1-10(8-17-6-5-15-9-17)16-13(18)12-4-2-3-11(12)7-14/h5-6,9-12H,2-4,7-8,14H2,1H3,(H,16,18). The van der Waals surface area contributed by atoms with E-state index >= 15 is 0 Å². The van der Waals surface area contributed by atoms with E-state index in [9.17, 15) is 4.79 Å². The van der Waals surface area contributed by atoms with Gasteiger partial charge in [0.25, 0.3) is 0 Å². The summed E-state index contributed by atoms with van der Waals surface area (Å²) in [7, 11) is 0. The van der Waals surface area contributed by atoms with E-state index in [-0.39, 0.29) is 17.9 Å². The maximum absolute atomic E-state index is 12.2. The number of rotatable bonds is 5. The predicted octanol–water partition coefficient (Wildman–Crippen LogP) is 0.763. The van der Waals surface area contributed by atoms with E-state index in [2.05, 4.69) is 10.3 Å². The van der Waals surface area contributed by atoms with Crippen LogP contribution >= 0.6 is 0 Å². The summed E-state index contributed by atoms with van der Waals surface area (Å²) in [5, 5.41) is 3.08. The Morgan fingerprint density at radius 2 is 2.44 bits per heavy atom. The third-order valence-electron chi connectivity index (χ3n) is 3.73. The molecule has 1 aromatic heterocycles. The molecule has 1 amide bonds. The smallest absolute Gasteiger partial charge is 0.223 e. The molecule has 0 saturated heterocycles. The number of aromatic nitrogens is 2. The number of amides is 1. The summed E-state index contributed by atoms with van der Waals surface area (Å²) in [5.74, 6) is 0.640. The van der Waals surface area contributed by atoms with Crippen LogP contribution in [0, 0.1) is 11.8 Å². The molecular weight excluding hydrogens is 228 g/mol. The topological polar surface area (TPSA) is 72.9 Å². The molecule has 5 nitrogen and oxygen atoms in total. The second-order valence-electron chi connectivity index (χ2n) is 5.20. The highest BCUT2D eigenvalue weighted by Crippen LogP contribution is 2.30. The Morgan fingerprint density at radius 3 is 3.11 bits per heavy atom. The van der Waals surface area contributed by atoms with Crippen molar-refractivity contribution in [2.45, 2.75) is 38.8 Å². The number of nitrogens with one attached hydrogen (secondary N) is 1. The summed E-state index contributed by atoms with van der Waals surface area (Å²) in [4.78, 5) is 16.2. The van der Waals surface area contributed by atoms with Crippen molar-refractivity contribution in [3.05, 3.63) is 18.7 Å². The van der Waals surface area contributed by atoms with Crippen molar-refractivity contribution in [2.24, 2.45) is 17.6 Å². The Labute approximate surface area is 108 Å². The van der Waals surface area contributed by atoms with Crippen LogP contribution in [0.1, 0.15) is 26.2 Å². The Kier molecular flexibility index (Phi) is 4.36. The predicted molar refractivity (Wildman–Crippen MR) is 69.7 cm³/mol. The quantitative estimate of drug-likeness (QED) is 0.810. The molecule has 0 aliphatic heterocycles. The molecule has 18 heavy (non-hydrogen) atoms. The van der Waals surface area contributed by atoms with Gasteiger partial charge in [-0.1, -0.05) is 6.42 Å². The van der Waals surface area contributed by atoms with Crippen LogP contribution in [0.2, 0.25) is 0 Å². The summed E-state index contributed by atoms with van der Waals surface area (Å²) < 4.78 is 1.97. The number of nitrogens with two attached hydrogens (primary N) is 1. The fourth-order valence-electron chi connectivity index (χ4n) is 2.77. The normalized spacial score (nSPS) is 25.0. The van der Waals surface area contributed by atoms with Crippen LogP contribution in [-0.2, 0) is 11.3 Å². The lowest BCUT2D eigenvalue weighted by Gasteiger charge is -2.21. The van der Waals surface area contributed by atoms with Gasteiger partial charge in [-0.3, -0.25) is 4.79 Å². The van der Waals surface area contributed by atoms with Crippen LogP contribution in [0.5, 0.6) is 0 Å². The van der Waals surface area contributed by atoms with Crippen LogP contribution in [0.15, 0.2) is 18.7 Å². The van der Waals surface area contributed by atoms with E-state index < -0.39 is 0 Å². The zero-order chi connectivity index (χ0) is 13.0. The minimum absolute atomic E-state index is 0.111. The molecule has 1 aliphatic rings. The van der Waals surface area contributed by atoms with Crippen molar-refractivity contribution in [1.82, 2.24) is 14.9 Å². The Morgan fingerprint density at radius 1 is 1.61 bits per heavy atom. The van der Waals surface area contributed by atoms with Gasteiger partial charge < -0.3 is 15.6 Å². The highest BCUT2D eigenvalue weighted by atomic mass is 16.2. The molecule has 3 N–H and O–H groups in total. The number of hydrogen-bond acceptors (Lipinski definition) is 3. The Balaban J connectivity index is 1.83. The molecule has 0 radical (unpaired) electrons. The van der Waals surface area contributed by atoms with Crippen LogP contribution < -0.4 is 11.1 Å². The molecule has 1 saturated carbocycles. The lowest BCUT2D eigenvalue weighted by molar-refractivity contribution is -0.126. The van der Waals surface area contributed by atoms with Crippen LogP contribution in [0.4, 0.5) is 0 Å². The van der Waals surface area contributed by atoms with Crippen molar-refractivity contribution >= 4 is 5.91 Å². The van der Waals surface area contributed by atoms with Gasteiger partial charge in [-0.25, -0.2) is 4.98 Å². The molecular formula is C13H22N4O. The van der Waals surface area contributed by atoms with Gasteiger partial charge in [-0.15, -0.1) is 0 Å². The van der Waals surface area contributed by atoms with Crippen molar-refractivity contribution in [3.63, 3.8) is 0 Å². The molecule has 0 spiro atoms. The van der Waals surface area contributed by atoms with E-state index in [1.807, 2.05) is 17.7 Å². The first-order chi connectivity index (χ1) is 8.70. The molecule has 3 atom stereocenters. The van der Waals surface area contributed by atoms with Gasteiger partial charge in [0.15, 0.2) is 0 Å². The third-order valence-corrected chi connectivity index (χ3v) is 3.73. The summed E-state index contributed by atoms with van der Waals surface area (Å²) in [6, 6.07) is 0.116. The van der Waals surface area contributed by atoms with Crippen LogP contribution in [0.25, 0.3) is 0 Å². The second kappa shape index (κ2) is 6.00. The highest BCUT2D eigenvalue weighted by molar-refractivity contribution is 5.79. The molecule has 0 bridgehead atoms. The maximum atomic E-state index is 12.2. The summed E-state index contributed by atoms with van der Waals surface area (Å²) in [5.41, 5.74) is 5.71. The van der Waals surface area contributed by atoms with E-state index in [1.165, 1.54) is 0 Å². The summed E-state index contributed by atoms with van der Waals surface area (Å²) in [6.07, 6.45) is 8.60. The molecule has 3 unspecified atom stereocenters. The molecule has 2 rings (SSSR count). The van der Waals surface area contributed by atoms with Gasteiger partial charge >= 0.3 is 0 Å². The SMILES string of the molecule is CC(Cn1ccnc1)NC(=O)C1CCCC1CN. The van der Waals surface area contributed by atoms with E-state index in [0.29, 0.717) is 12.5 Å². The average Bonchev–Trinajstić information content (AvgIpc) is 2.97. The first kappa shape index (κ1) is 13.1. The van der Waals surface area contributed by atoms with Crippen molar-refractivity contribution < 1.29 is 4.79 Å². The molecule has 1 aromatic rings. The second-order valence-corrected chi connectivity index (χ2v) is 5.20. The zero-order valence-corrected chi connectivity index (χ0v) is 10.9. The molecule has 1 fully saturated rings. The lowest BCUT2D eigenvalue weighted by atomic mass is 9.95. The zero-order valence-electron chi connectivity index (χ0n) is 10.9. The largest absolute Gasteiger partial charge is 0.352 e. The molecule has 1 aliphatic carbocycles. The minimum Gasteiger partial charge on any atom is -0.352 e. The van der Waals surface area contributed by atoms with E-state index in [0.717, 1.165) is 25.8 Å². The Hall–Kier alpha value is -1.36. The third kappa shape index (κ3) is 3.10. The Bertz CT molecular complexity index is 376. The van der Waals surface area contributed by atoms with E-state index in [1.54, 1.807) is 12.5 Å². The fourth-order valence-corrected chi connectivity index (χ4v) is 2.77.